The summed E-state index contributed by atoms with van der Waals surface area (Å²) < 4.78 is 11.0. The van der Waals surface area contributed by atoms with E-state index in [2.05, 4.69) is 12.1 Å². The van der Waals surface area contributed by atoms with Crippen molar-refractivity contribution in [3.8, 4) is 0 Å². The largest absolute Gasteiger partial charge is 0.461 e. The van der Waals surface area contributed by atoms with Gasteiger partial charge in [-0.05, 0) is 50.6 Å². The third kappa shape index (κ3) is 5.95. The highest BCUT2D eigenvalue weighted by Gasteiger charge is 2.29. The molecule has 0 N–H and O–H groups in total. The predicted molar refractivity (Wildman–Crippen MR) is 106 cm³/mol. The molecule has 2 aromatic heterocycles. The van der Waals surface area contributed by atoms with Crippen molar-refractivity contribution in [2.75, 3.05) is 0 Å². The summed E-state index contributed by atoms with van der Waals surface area (Å²) in [6, 6.07) is 8.12. The lowest BCUT2D eigenvalue weighted by atomic mass is 9.99. The summed E-state index contributed by atoms with van der Waals surface area (Å²) in [6.45, 7) is 9.03. The molecule has 26 heavy (non-hydrogen) atoms. The maximum absolute atomic E-state index is 12.5. The Bertz CT molecular complexity index is 665. The topological polar surface area (TPSA) is 52.6 Å². The molecule has 4 nitrogen and oxygen atoms in total. The van der Waals surface area contributed by atoms with Gasteiger partial charge in [-0.3, -0.25) is 9.59 Å². The molecule has 0 radical (unpaired) electrons. The number of esters is 2. The number of carbonyl (C=O) groups is 2. The standard InChI is InChI=1S/C20H26O4S2/c1-13(12-17(21)24-20(3,4)5)19(22)23-14(2)18(15-8-6-10-25-15)16-9-7-11-26-16/h6-11,13-14,18H,12H2,1-5H3/t13-,14+/m1/s1. The number of ether oxygens (including phenoxy) is 2. The molecule has 0 aromatic carbocycles. The molecular formula is C20H26O4S2. The summed E-state index contributed by atoms with van der Waals surface area (Å²) in [6.07, 6.45) is -0.299. The molecule has 6 heteroatoms. The Morgan fingerprint density at radius 3 is 2.00 bits per heavy atom. The third-order valence-electron chi connectivity index (χ3n) is 3.77. The number of hydrogen-bond acceptors (Lipinski definition) is 6. The second-order valence-electron chi connectivity index (χ2n) is 7.34. The molecule has 0 aliphatic heterocycles. The first-order valence-electron chi connectivity index (χ1n) is 8.66. The molecule has 0 amide bonds. The maximum Gasteiger partial charge on any atom is 0.309 e. The van der Waals surface area contributed by atoms with Gasteiger partial charge in [0.15, 0.2) is 0 Å². The fourth-order valence-corrected chi connectivity index (χ4v) is 4.57. The quantitative estimate of drug-likeness (QED) is 0.603. The van der Waals surface area contributed by atoms with Crippen molar-refractivity contribution in [2.45, 2.75) is 58.7 Å². The van der Waals surface area contributed by atoms with Gasteiger partial charge in [0.1, 0.15) is 11.7 Å². The first-order valence-corrected chi connectivity index (χ1v) is 10.4. The van der Waals surface area contributed by atoms with E-state index in [9.17, 15) is 9.59 Å². The predicted octanol–water partition coefficient (Wildman–Crippen LogP) is 5.24. The molecule has 0 bridgehead atoms. The lowest BCUT2D eigenvalue weighted by molar-refractivity contribution is -0.163. The Balaban J connectivity index is 2.01. The van der Waals surface area contributed by atoms with Gasteiger partial charge in [0.2, 0.25) is 0 Å². The Morgan fingerprint density at radius 2 is 1.58 bits per heavy atom. The lowest BCUT2D eigenvalue weighted by Gasteiger charge is -2.24. The summed E-state index contributed by atoms with van der Waals surface area (Å²) in [5.41, 5.74) is -0.558. The van der Waals surface area contributed by atoms with Gasteiger partial charge in [0, 0.05) is 9.75 Å². The van der Waals surface area contributed by atoms with Crippen LogP contribution >= 0.6 is 22.7 Å². The second-order valence-corrected chi connectivity index (χ2v) is 9.30. The lowest BCUT2D eigenvalue weighted by Crippen LogP contribution is -2.29. The highest BCUT2D eigenvalue weighted by molar-refractivity contribution is 7.11. The Hall–Kier alpha value is -1.66. The van der Waals surface area contributed by atoms with E-state index in [1.165, 1.54) is 0 Å². The molecule has 0 saturated carbocycles. The van der Waals surface area contributed by atoms with Crippen LogP contribution in [0.4, 0.5) is 0 Å². The summed E-state index contributed by atoms with van der Waals surface area (Å²) in [5, 5.41) is 4.05. The van der Waals surface area contributed by atoms with E-state index in [0.717, 1.165) is 9.75 Å². The van der Waals surface area contributed by atoms with Crippen LogP contribution in [0.1, 0.15) is 56.7 Å². The summed E-state index contributed by atoms with van der Waals surface area (Å²) in [7, 11) is 0. The molecule has 0 spiro atoms. The van der Waals surface area contributed by atoms with E-state index in [0.29, 0.717) is 0 Å². The SMILES string of the molecule is C[C@H](CC(=O)OC(C)(C)C)C(=O)O[C@@H](C)C(c1cccs1)c1cccs1. The fourth-order valence-electron chi connectivity index (χ4n) is 2.62. The van der Waals surface area contributed by atoms with Crippen LogP contribution in [0.15, 0.2) is 35.0 Å². The van der Waals surface area contributed by atoms with E-state index in [1.54, 1.807) is 29.6 Å². The van der Waals surface area contributed by atoms with Crippen LogP contribution in [0.3, 0.4) is 0 Å². The van der Waals surface area contributed by atoms with E-state index < -0.39 is 11.5 Å². The zero-order chi connectivity index (χ0) is 19.3. The molecule has 2 atom stereocenters. The number of rotatable bonds is 7. The molecule has 0 aliphatic rings. The Labute approximate surface area is 163 Å². The third-order valence-corrected chi connectivity index (χ3v) is 5.68. The zero-order valence-electron chi connectivity index (χ0n) is 15.9. The molecule has 0 unspecified atom stereocenters. The monoisotopic (exact) mass is 394 g/mol. The van der Waals surface area contributed by atoms with Crippen molar-refractivity contribution < 1.29 is 19.1 Å². The van der Waals surface area contributed by atoms with E-state index in [1.807, 2.05) is 50.6 Å². The molecule has 2 aromatic rings. The van der Waals surface area contributed by atoms with Gasteiger partial charge in [-0.15, -0.1) is 22.7 Å². The summed E-state index contributed by atoms with van der Waals surface area (Å²) >= 11 is 3.30. The van der Waals surface area contributed by atoms with Crippen LogP contribution in [-0.4, -0.2) is 23.6 Å². The van der Waals surface area contributed by atoms with Gasteiger partial charge in [-0.2, -0.15) is 0 Å². The highest BCUT2D eigenvalue weighted by Crippen LogP contribution is 2.35. The van der Waals surface area contributed by atoms with Gasteiger partial charge >= 0.3 is 11.9 Å². The Kier molecular flexibility index (Phi) is 7.01. The zero-order valence-corrected chi connectivity index (χ0v) is 17.5. The van der Waals surface area contributed by atoms with Crippen molar-refractivity contribution in [2.24, 2.45) is 5.92 Å². The van der Waals surface area contributed by atoms with E-state index in [4.69, 9.17) is 9.47 Å². The summed E-state index contributed by atoms with van der Waals surface area (Å²) in [4.78, 5) is 26.7. The molecule has 2 heterocycles. The van der Waals surface area contributed by atoms with Crippen LogP contribution in [0, 0.1) is 5.92 Å². The average Bonchev–Trinajstić information content (AvgIpc) is 3.19. The molecule has 2 rings (SSSR count). The molecule has 0 fully saturated rings. The van der Waals surface area contributed by atoms with Crippen LogP contribution in [0.5, 0.6) is 0 Å². The van der Waals surface area contributed by atoms with Gasteiger partial charge in [0.05, 0.1) is 18.3 Å². The average molecular weight is 395 g/mol. The van der Waals surface area contributed by atoms with Crippen molar-refractivity contribution in [1.82, 2.24) is 0 Å². The van der Waals surface area contributed by atoms with Crippen LogP contribution in [0.25, 0.3) is 0 Å². The first kappa shape index (κ1) is 20.6. The van der Waals surface area contributed by atoms with Crippen molar-refractivity contribution >= 4 is 34.6 Å². The highest BCUT2D eigenvalue weighted by atomic mass is 32.1. The van der Waals surface area contributed by atoms with Crippen molar-refractivity contribution in [3.05, 3.63) is 44.8 Å². The van der Waals surface area contributed by atoms with E-state index >= 15 is 0 Å². The van der Waals surface area contributed by atoms with Gasteiger partial charge in [-0.25, -0.2) is 0 Å². The van der Waals surface area contributed by atoms with E-state index in [-0.39, 0.29) is 30.4 Å². The first-order chi connectivity index (χ1) is 12.2. The molecular weight excluding hydrogens is 368 g/mol. The van der Waals surface area contributed by atoms with Gasteiger partial charge in [0.25, 0.3) is 0 Å². The van der Waals surface area contributed by atoms with Crippen LogP contribution in [0.2, 0.25) is 0 Å². The molecule has 0 aliphatic carbocycles. The minimum Gasteiger partial charge on any atom is -0.461 e. The normalized spacial score (nSPS) is 14.1. The number of thiophene rings is 2. The fraction of sp³-hybridized carbons (Fsp3) is 0.500. The van der Waals surface area contributed by atoms with Gasteiger partial charge < -0.3 is 9.47 Å². The van der Waals surface area contributed by atoms with Gasteiger partial charge in [-0.1, -0.05) is 19.1 Å². The number of hydrogen-bond donors (Lipinski definition) is 0. The maximum atomic E-state index is 12.5. The second kappa shape index (κ2) is 8.82. The molecule has 0 saturated heterocycles. The van der Waals surface area contributed by atoms with Crippen LogP contribution < -0.4 is 0 Å². The minimum atomic E-state index is -0.558. The Morgan fingerprint density at radius 1 is 1.04 bits per heavy atom. The van der Waals surface area contributed by atoms with Crippen LogP contribution in [-0.2, 0) is 19.1 Å². The van der Waals surface area contributed by atoms with Crippen molar-refractivity contribution in [1.29, 1.82) is 0 Å². The van der Waals surface area contributed by atoms with Crippen molar-refractivity contribution in [3.63, 3.8) is 0 Å². The minimum absolute atomic E-state index is 0.00711. The number of carbonyl (C=O) groups excluding carboxylic acids is 2. The smallest absolute Gasteiger partial charge is 0.309 e. The molecule has 142 valence electrons. The summed E-state index contributed by atoms with van der Waals surface area (Å²) in [5.74, 6) is -1.29.